The minimum atomic E-state index is -1.08. The van der Waals surface area contributed by atoms with Crippen LogP contribution >= 0.6 is 0 Å². The number of aromatic hydroxyl groups is 1. The highest BCUT2D eigenvalue weighted by atomic mass is 16.6. The average molecular weight is 542 g/mol. The second-order valence-corrected chi connectivity index (χ2v) is 10.1. The summed E-state index contributed by atoms with van der Waals surface area (Å²) in [5.74, 6) is -1.61. The van der Waals surface area contributed by atoms with E-state index in [2.05, 4.69) is 15.4 Å². The summed E-state index contributed by atoms with van der Waals surface area (Å²) in [5.41, 5.74) is 0.437. The second-order valence-electron chi connectivity index (χ2n) is 10.1. The van der Waals surface area contributed by atoms with Crippen LogP contribution in [0, 0.1) is 0 Å². The molecule has 0 aromatic heterocycles. The van der Waals surface area contributed by atoms with Crippen molar-refractivity contribution in [3.05, 3.63) is 65.7 Å². The summed E-state index contributed by atoms with van der Waals surface area (Å²) in [6.07, 6.45) is 0.655. The number of nitrogens with one attached hydrogen (secondary N) is 2. The predicted molar refractivity (Wildman–Crippen MR) is 146 cm³/mol. The van der Waals surface area contributed by atoms with Crippen LogP contribution < -0.4 is 10.6 Å². The quantitative estimate of drug-likeness (QED) is 0.350. The van der Waals surface area contributed by atoms with Gasteiger partial charge in [-0.15, -0.1) is 0 Å². The van der Waals surface area contributed by atoms with Crippen LogP contribution in [0.3, 0.4) is 0 Å². The number of hydrogen-bond donors (Lipinski definition) is 3. The van der Waals surface area contributed by atoms with Gasteiger partial charge in [-0.2, -0.15) is 0 Å². The minimum Gasteiger partial charge on any atom is -0.508 e. The molecule has 2 atom stereocenters. The first-order chi connectivity index (χ1) is 18.4. The Hall–Kier alpha value is -4.08. The Morgan fingerprint density at radius 1 is 1.00 bits per heavy atom. The first-order valence-electron chi connectivity index (χ1n) is 12.9. The van der Waals surface area contributed by atoms with Gasteiger partial charge in [0.2, 0.25) is 11.8 Å². The van der Waals surface area contributed by atoms with Gasteiger partial charge >= 0.3 is 12.1 Å². The number of amides is 3. The molecule has 3 N–H and O–H groups in total. The zero-order valence-electron chi connectivity index (χ0n) is 23.2. The average Bonchev–Trinajstić information content (AvgIpc) is 2.89. The molecule has 39 heavy (non-hydrogen) atoms. The predicted octanol–water partition coefficient (Wildman–Crippen LogP) is 3.49. The number of methoxy groups -OCH3 is 1. The van der Waals surface area contributed by atoms with Crippen LogP contribution in [0.1, 0.15) is 57.7 Å². The molecule has 3 amide bonds. The van der Waals surface area contributed by atoms with Crippen LogP contribution in [-0.2, 0) is 30.3 Å². The third kappa shape index (κ3) is 10.3. The lowest BCUT2D eigenvalue weighted by Crippen LogP contribution is -2.54. The van der Waals surface area contributed by atoms with Gasteiger partial charge in [-0.05, 0) is 50.5 Å². The number of phenols is 1. The van der Waals surface area contributed by atoms with E-state index in [0.717, 1.165) is 6.42 Å². The molecule has 0 aliphatic carbocycles. The van der Waals surface area contributed by atoms with E-state index in [-0.39, 0.29) is 25.3 Å². The van der Waals surface area contributed by atoms with E-state index in [9.17, 15) is 24.3 Å². The van der Waals surface area contributed by atoms with E-state index in [1.165, 1.54) is 24.1 Å². The summed E-state index contributed by atoms with van der Waals surface area (Å²) < 4.78 is 10.1. The van der Waals surface area contributed by atoms with Crippen LogP contribution in [0.2, 0.25) is 0 Å². The lowest BCUT2D eigenvalue weighted by atomic mass is 10.00. The number of rotatable bonds is 12. The van der Waals surface area contributed by atoms with E-state index in [4.69, 9.17) is 4.74 Å². The van der Waals surface area contributed by atoms with Gasteiger partial charge in [0.25, 0.3) is 0 Å². The first-order valence-corrected chi connectivity index (χ1v) is 12.9. The van der Waals surface area contributed by atoms with Crippen molar-refractivity contribution in [3.8, 4) is 5.75 Å². The molecule has 2 aromatic carbocycles. The number of esters is 1. The standard InChI is InChI=1S/C29H39N3O7/c1-6-7-17-32(25(21-11-9-8-10-12-21)26(35)30-19-24(34)38-5)27(36)23(31-28(37)39-29(2,3)4)18-20-13-15-22(33)16-14-20/h8-16,23,25,33H,6-7,17-19H2,1-5H3,(H,30,35)(H,31,37). The van der Waals surface area contributed by atoms with Crippen molar-refractivity contribution in [2.45, 2.75) is 64.6 Å². The molecule has 0 spiro atoms. The van der Waals surface area contributed by atoms with Gasteiger partial charge in [0.05, 0.1) is 7.11 Å². The van der Waals surface area contributed by atoms with Crippen molar-refractivity contribution in [2.24, 2.45) is 0 Å². The second kappa shape index (κ2) is 14.8. The summed E-state index contributed by atoms with van der Waals surface area (Å²) in [5, 5.41) is 14.9. The third-order valence-electron chi connectivity index (χ3n) is 5.71. The topological polar surface area (TPSA) is 134 Å². The van der Waals surface area contributed by atoms with Crippen molar-refractivity contribution in [1.82, 2.24) is 15.5 Å². The molecule has 0 heterocycles. The number of carbonyl (C=O) groups excluding carboxylic acids is 4. The molecule has 0 saturated heterocycles. The molecule has 2 aromatic rings. The fraction of sp³-hybridized carbons (Fsp3) is 0.448. The summed E-state index contributed by atoms with van der Waals surface area (Å²) in [7, 11) is 1.22. The van der Waals surface area contributed by atoms with Crippen LogP contribution in [0.15, 0.2) is 54.6 Å². The van der Waals surface area contributed by atoms with Crippen molar-refractivity contribution in [3.63, 3.8) is 0 Å². The largest absolute Gasteiger partial charge is 0.508 e. The first kappa shape index (κ1) is 31.1. The van der Waals surface area contributed by atoms with Crippen LogP contribution in [0.5, 0.6) is 5.75 Å². The maximum absolute atomic E-state index is 14.2. The van der Waals surface area contributed by atoms with Crippen molar-refractivity contribution in [1.29, 1.82) is 0 Å². The fourth-order valence-corrected chi connectivity index (χ4v) is 3.85. The Morgan fingerprint density at radius 3 is 2.21 bits per heavy atom. The summed E-state index contributed by atoms with van der Waals surface area (Å²) >= 11 is 0. The normalized spacial score (nSPS) is 12.5. The molecule has 0 saturated carbocycles. The van der Waals surface area contributed by atoms with E-state index in [1.54, 1.807) is 63.2 Å². The Balaban J connectivity index is 2.50. The van der Waals surface area contributed by atoms with Gasteiger partial charge in [-0.1, -0.05) is 55.8 Å². The van der Waals surface area contributed by atoms with E-state index in [0.29, 0.717) is 17.5 Å². The lowest BCUT2D eigenvalue weighted by molar-refractivity contribution is -0.144. The zero-order chi connectivity index (χ0) is 29.0. The molecule has 2 unspecified atom stereocenters. The van der Waals surface area contributed by atoms with Crippen molar-refractivity contribution >= 4 is 23.9 Å². The monoisotopic (exact) mass is 541 g/mol. The van der Waals surface area contributed by atoms with Crippen LogP contribution in [0.4, 0.5) is 4.79 Å². The van der Waals surface area contributed by atoms with E-state index < -0.39 is 41.6 Å². The smallest absolute Gasteiger partial charge is 0.408 e. The molecule has 0 radical (unpaired) electrons. The number of carbonyl (C=O) groups is 4. The van der Waals surface area contributed by atoms with Gasteiger partial charge in [0.15, 0.2) is 0 Å². The van der Waals surface area contributed by atoms with Gasteiger partial charge in [-0.25, -0.2) is 4.79 Å². The van der Waals surface area contributed by atoms with Crippen molar-refractivity contribution in [2.75, 3.05) is 20.2 Å². The summed E-state index contributed by atoms with van der Waals surface area (Å²) in [4.78, 5) is 53.5. The molecule has 0 bridgehead atoms. The van der Waals surface area contributed by atoms with Gasteiger partial charge in [0, 0.05) is 13.0 Å². The van der Waals surface area contributed by atoms with E-state index in [1.807, 2.05) is 6.92 Å². The molecule has 2 rings (SSSR count). The SMILES string of the molecule is CCCCN(C(=O)C(Cc1ccc(O)cc1)NC(=O)OC(C)(C)C)C(C(=O)NCC(=O)OC)c1ccccc1. The van der Waals surface area contributed by atoms with Gasteiger partial charge < -0.3 is 30.1 Å². The fourth-order valence-electron chi connectivity index (χ4n) is 3.85. The molecule has 0 fully saturated rings. The number of unbranched alkanes of at least 4 members (excludes halogenated alkanes) is 1. The Bertz CT molecular complexity index is 1100. The molecule has 10 nitrogen and oxygen atoms in total. The van der Waals surface area contributed by atoms with Crippen LogP contribution in [0.25, 0.3) is 0 Å². The highest BCUT2D eigenvalue weighted by Crippen LogP contribution is 2.24. The molecule has 0 aliphatic heterocycles. The van der Waals surface area contributed by atoms with Gasteiger partial charge in [-0.3, -0.25) is 14.4 Å². The number of alkyl carbamates (subject to hydrolysis) is 1. The Morgan fingerprint density at radius 2 is 1.64 bits per heavy atom. The summed E-state index contributed by atoms with van der Waals surface area (Å²) in [6, 6.07) is 12.9. The highest BCUT2D eigenvalue weighted by Gasteiger charge is 2.36. The van der Waals surface area contributed by atoms with Gasteiger partial charge in [0.1, 0.15) is 30.0 Å². The maximum atomic E-state index is 14.2. The number of nitrogens with zero attached hydrogens (tertiary/aromatic N) is 1. The summed E-state index contributed by atoms with van der Waals surface area (Å²) in [6.45, 7) is 6.98. The maximum Gasteiger partial charge on any atom is 0.408 e. The van der Waals surface area contributed by atoms with E-state index >= 15 is 0 Å². The number of ether oxygens (including phenoxy) is 2. The van der Waals surface area contributed by atoms with Crippen LogP contribution in [-0.4, -0.2) is 65.7 Å². The molecular weight excluding hydrogens is 502 g/mol. The number of hydrogen-bond acceptors (Lipinski definition) is 7. The third-order valence-corrected chi connectivity index (χ3v) is 5.71. The molecule has 10 heteroatoms. The zero-order valence-corrected chi connectivity index (χ0v) is 23.2. The van der Waals surface area contributed by atoms with Crippen molar-refractivity contribution < 1.29 is 33.8 Å². The number of phenolic OH excluding ortho intramolecular Hbond substituents is 1. The number of benzene rings is 2. The minimum absolute atomic E-state index is 0.0673. The Kier molecular flexibility index (Phi) is 11.8. The molecule has 0 aliphatic rings. The highest BCUT2D eigenvalue weighted by molar-refractivity contribution is 5.93. The molecular formula is C29H39N3O7. The molecule has 212 valence electrons. The Labute approximate surface area is 229 Å². The lowest BCUT2D eigenvalue weighted by Gasteiger charge is -2.34.